The Labute approximate surface area is 95.1 Å². The van der Waals surface area contributed by atoms with Crippen LogP contribution in [0.5, 0.6) is 0 Å². The summed E-state index contributed by atoms with van der Waals surface area (Å²) in [6.07, 6.45) is 2.12. The van der Waals surface area contributed by atoms with Crippen LogP contribution in [-0.2, 0) is 6.54 Å². The van der Waals surface area contributed by atoms with Crippen LogP contribution >= 0.6 is 11.6 Å². The van der Waals surface area contributed by atoms with Crippen molar-refractivity contribution in [3.63, 3.8) is 0 Å². The molecule has 0 saturated heterocycles. The van der Waals surface area contributed by atoms with Gasteiger partial charge in [-0.25, -0.2) is 4.98 Å². The molecule has 0 amide bonds. The van der Waals surface area contributed by atoms with Gasteiger partial charge in [0.2, 0.25) is 0 Å². The molecule has 0 radical (unpaired) electrons. The fourth-order valence-corrected chi connectivity index (χ4v) is 1.73. The van der Waals surface area contributed by atoms with Crippen molar-refractivity contribution in [3.05, 3.63) is 27.4 Å². The molecule has 0 atom stereocenters. The SMILES string of the molecule is Cc1nc(Cl)cc(=O)n1CCCC(C)C. The lowest BCUT2D eigenvalue weighted by Crippen LogP contribution is -2.23. The zero-order chi connectivity index (χ0) is 11.4. The van der Waals surface area contributed by atoms with E-state index in [1.165, 1.54) is 6.07 Å². The van der Waals surface area contributed by atoms with Gasteiger partial charge in [0, 0.05) is 12.6 Å². The monoisotopic (exact) mass is 228 g/mol. The highest BCUT2D eigenvalue weighted by Crippen LogP contribution is 2.06. The van der Waals surface area contributed by atoms with Crippen molar-refractivity contribution in [2.24, 2.45) is 5.92 Å². The van der Waals surface area contributed by atoms with E-state index in [0.717, 1.165) is 19.4 Å². The number of halogens is 1. The van der Waals surface area contributed by atoms with Crippen LogP contribution in [0, 0.1) is 12.8 Å². The van der Waals surface area contributed by atoms with Crippen molar-refractivity contribution in [1.82, 2.24) is 9.55 Å². The molecular weight excluding hydrogens is 212 g/mol. The van der Waals surface area contributed by atoms with Crippen LogP contribution in [0.15, 0.2) is 10.9 Å². The second kappa shape index (κ2) is 5.31. The van der Waals surface area contributed by atoms with E-state index in [-0.39, 0.29) is 10.7 Å². The molecule has 1 heterocycles. The minimum absolute atomic E-state index is 0.0590. The fraction of sp³-hybridized carbons (Fsp3) is 0.636. The third-order valence-corrected chi connectivity index (χ3v) is 2.52. The number of hydrogen-bond acceptors (Lipinski definition) is 2. The van der Waals surface area contributed by atoms with Gasteiger partial charge in [-0.2, -0.15) is 0 Å². The van der Waals surface area contributed by atoms with E-state index in [0.29, 0.717) is 11.7 Å². The molecule has 0 spiro atoms. The lowest BCUT2D eigenvalue weighted by Gasteiger charge is -2.09. The second-order valence-electron chi connectivity index (χ2n) is 4.15. The van der Waals surface area contributed by atoms with Gasteiger partial charge in [0.05, 0.1) is 0 Å². The van der Waals surface area contributed by atoms with Gasteiger partial charge in [0.15, 0.2) is 0 Å². The Morgan fingerprint density at radius 2 is 2.20 bits per heavy atom. The maximum atomic E-state index is 11.6. The summed E-state index contributed by atoms with van der Waals surface area (Å²) < 4.78 is 1.67. The van der Waals surface area contributed by atoms with Gasteiger partial charge < -0.3 is 0 Å². The largest absolute Gasteiger partial charge is 0.297 e. The van der Waals surface area contributed by atoms with Crippen molar-refractivity contribution in [2.45, 2.75) is 40.2 Å². The van der Waals surface area contributed by atoms with E-state index in [1.54, 1.807) is 4.57 Å². The van der Waals surface area contributed by atoms with Crippen LogP contribution in [-0.4, -0.2) is 9.55 Å². The summed E-state index contributed by atoms with van der Waals surface area (Å²) in [5.41, 5.74) is -0.0590. The number of nitrogens with zero attached hydrogens (tertiary/aromatic N) is 2. The fourth-order valence-electron chi connectivity index (χ4n) is 1.52. The predicted octanol–water partition coefficient (Wildman–Crippen LogP) is 2.64. The Kier molecular flexibility index (Phi) is 4.33. The van der Waals surface area contributed by atoms with Gasteiger partial charge in [-0.3, -0.25) is 9.36 Å². The molecule has 15 heavy (non-hydrogen) atoms. The van der Waals surface area contributed by atoms with E-state index in [2.05, 4.69) is 18.8 Å². The van der Waals surface area contributed by atoms with E-state index >= 15 is 0 Å². The first-order valence-corrected chi connectivity index (χ1v) is 5.62. The zero-order valence-electron chi connectivity index (χ0n) is 9.46. The Balaban J connectivity index is 2.73. The molecule has 0 aliphatic heterocycles. The molecule has 1 rings (SSSR count). The number of aryl methyl sites for hydroxylation is 1. The van der Waals surface area contributed by atoms with Gasteiger partial charge in [-0.05, 0) is 25.7 Å². The topological polar surface area (TPSA) is 34.9 Å². The lowest BCUT2D eigenvalue weighted by atomic mass is 10.1. The first kappa shape index (κ1) is 12.2. The third kappa shape index (κ3) is 3.67. The van der Waals surface area contributed by atoms with Crippen LogP contribution in [0.25, 0.3) is 0 Å². The van der Waals surface area contributed by atoms with Crippen LogP contribution in [0.2, 0.25) is 5.15 Å². The smallest absolute Gasteiger partial charge is 0.254 e. The molecule has 0 saturated carbocycles. The molecule has 0 aromatic carbocycles. The Morgan fingerprint density at radius 1 is 1.53 bits per heavy atom. The first-order chi connectivity index (χ1) is 7.00. The predicted molar refractivity (Wildman–Crippen MR) is 62.3 cm³/mol. The van der Waals surface area contributed by atoms with E-state index in [4.69, 9.17) is 11.6 Å². The van der Waals surface area contributed by atoms with E-state index in [1.807, 2.05) is 6.92 Å². The minimum atomic E-state index is -0.0590. The Hall–Kier alpha value is -0.830. The second-order valence-corrected chi connectivity index (χ2v) is 4.54. The van der Waals surface area contributed by atoms with Crippen molar-refractivity contribution < 1.29 is 0 Å². The molecule has 0 unspecified atom stereocenters. The van der Waals surface area contributed by atoms with Crippen molar-refractivity contribution in [1.29, 1.82) is 0 Å². The molecule has 0 bridgehead atoms. The number of aromatic nitrogens is 2. The van der Waals surface area contributed by atoms with Gasteiger partial charge in [-0.1, -0.05) is 25.4 Å². The molecule has 1 aromatic rings. The molecule has 3 nitrogen and oxygen atoms in total. The zero-order valence-corrected chi connectivity index (χ0v) is 10.2. The first-order valence-electron chi connectivity index (χ1n) is 5.24. The summed E-state index contributed by atoms with van der Waals surface area (Å²) in [6, 6.07) is 1.37. The molecular formula is C11H17ClN2O. The molecule has 0 fully saturated rings. The summed E-state index contributed by atoms with van der Waals surface area (Å²) in [7, 11) is 0. The van der Waals surface area contributed by atoms with E-state index < -0.39 is 0 Å². The van der Waals surface area contributed by atoms with E-state index in [9.17, 15) is 4.79 Å². The van der Waals surface area contributed by atoms with Crippen LogP contribution < -0.4 is 5.56 Å². The highest BCUT2D eigenvalue weighted by molar-refractivity contribution is 6.29. The molecule has 0 aliphatic rings. The molecule has 0 N–H and O–H groups in total. The average Bonchev–Trinajstić information content (AvgIpc) is 2.08. The average molecular weight is 229 g/mol. The third-order valence-electron chi connectivity index (χ3n) is 2.33. The molecule has 0 aliphatic carbocycles. The summed E-state index contributed by atoms with van der Waals surface area (Å²) in [6.45, 7) is 6.89. The Morgan fingerprint density at radius 3 is 2.73 bits per heavy atom. The van der Waals surface area contributed by atoms with Gasteiger partial charge in [0.1, 0.15) is 11.0 Å². The van der Waals surface area contributed by atoms with Crippen LogP contribution in [0.3, 0.4) is 0 Å². The van der Waals surface area contributed by atoms with Crippen LogP contribution in [0.4, 0.5) is 0 Å². The van der Waals surface area contributed by atoms with Crippen molar-refractivity contribution >= 4 is 11.6 Å². The lowest BCUT2D eigenvalue weighted by molar-refractivity contribution is 0.497. The molecule has 4 heteroatoms. The summed E-state index contributed by atoms with van der Waals surface area (Å²) >= 11 is 5.68. The minimum Gasteiger partial charge on any atom is -0.297 e. The summed E-state index contributed by atoms with van der Waals surface area (Å²) in [5, 5.41) is 0.276. The summed E-state index contributed by atoms with van der Waals surface area (Å²) in [5.74, 6) is 1.36. The quantitative estimate of drug-likeness (QED) is 0.743. The van der Waals surface area contributed by atoms with Crippen molar-refractivity contribution in [2.75, 3.05) is 0 Å². The standard InChI is InChI=1S/C11H17ClN2O/c1-8(2)5-4-6-14-9(3)13-10(12)7-11(14)15/h7-8H,4-6H2,1-3H3. The maximum absolute atomic E-state index is 11.6. The Bertz CT molecular complexity index is 385. The highest BCUT2D eigenvalue weighted by Gasteiger charge is 2.03. The van der Waals surface area contributed by atoms with Gasteiger partial charge in [-0.15, -0.1) is 0 Å². The number of rotatable bonds is 4. The summed E-state index contributed by atoms with van der Waals surface area (Å²) in [4.78, 5) is 15.6. The van der Waals surface area contributed by atoms with Crippen LogP contribution in [0.1, 0.15) is 32.5 Å². The normalized spacial score (nSPS) is 11.0. The maximum Gasteiger partial charge on any atom is 0.254 e. The molecule has 1 aromatic heterocycles. The van der Waals surface area contributed by atoms with Gasteiger partial charge >= 0.3 is 0 Å². The van der Waals surface area contributed by atoms with Crippen molar-refractivity contribution in [3.8, 4) is 0 Å². The number of hydrogen-bond donors (Lipinski definition) is 0. The highest BCUT2D eigenvalue weighted by atomic mass is 35.5. The molecule has 84 valence electrons. The van der Waals surface area contributed by atoms with Gasteiger partial charge in [0.25, 0.3) is 5.56 Å².